The second kappa shape index (κ2) is 6.78. The van der Waals surface area contributed by atoms with Crippen molar-refractivity contribution in [2.75, 3.05) is 13.1 Å². The zero-order valence-electron chi connectivity index (χ0n) is 13.7. The molecule has 2 aliphatic rings. The Morgan fingerprint density at radius 1 is 1.36 bits per heavy atom. The van der Waals surface area contributed by atoms with E-state index in [4.69, 9.17) is 0 Å². The maximum absolute atomic E-state index is 12.3. The molecule has 1 aliphatic heterocycles. The van der Waals surface area contributed by atoms with Crippen molar-refractivity contribution in [3.63, 3.8) is 0 Å². The molecule has 4 heteroatoms. The highest BCUT2D eigenvalue weighted by Crippen LogP contribution is 2.33. The van der Waals surface area contributed by atoms with Gasteiger partial charge in [0.05, 0.1) is 0 Å². The number of piperidine rings is 1. The molecular formula is C18H27N3O. The van der Waals surface area contributed by atoms with Crippen LogP contribution in [0.5, 0.6) is 0 Å². The van der Waals surface area contributed by atoms with Gasteiger partial charge >= 0.3 is 0 Å². The Bertz CT molecular complexity index is 500. The van der Waals surface area contributed by atoms with Crippen molar-refractivity contribution in [2.45, 2.75) is 51.6 Å². The molecule has 1 saturated carbocycles. The molecule has 22 heavy (non-hydrogen) atoms. The van der Waals surface area contributed by atoms with Gasteiger partial charge in [-0.1, -0.05) is 13.3 Å². The zero-order valence-corrected chi connectivity index (χ0v) is 13.7. The molecule has 0 radical (unpaired) electrons. The van der Waals surface area contributed by atoms with E-state index in [1.54, 1.807) is 0 Å². The van der Waals surface area contributed by atoms with Crippen LogP contribution in [-0.2, 0) is 4.79 Å². The van der Waals surface area contributed by atoms with Crippen LogP contribution in [0.2, 0.25) is 0 Å². The van der Waals surface area contributed by atoms with E-state index in [1.807, 2.05) is 12.4 Å². The average molecular weight is 301 g/mol. The zero-order chi connectivity index (χ0) is 15.5. The molecule has 4 nitrogen and oxygen atoms in total. The molecule has 1 saturated heterocycles. The lowest BCUT2D eigenvalue weighted by molar-refractivity contribution is -0.134. The van der Waals surface area contributed by atoms with E-state index in [0.717, 1.165) is 38.8 Å². The molecule has 3 unspecified atom stereocenters. The highest BCUT2D eigenvalue weighted by atomic mass is 16.2. The first-order valence-corrected chi connectivity index (χ1v) is 8.63. The predicted molar refractivity (Wildman–Crippen MR) is 87.3 cm³/mol. The standard InChI is InChI=1S/C18H27N3O/c1-3-14-12-21(18(22)16-4-5-16)11-8-17(14)20-13(2)15-6-9-19-10-7-15/h6-7,9-10,13-14,16-17,20H,3-5,8,11-12H2,1-2H3. The SMILES string of the molecule is CCC1CN(C(=O)C2CC2)CCC1NC(C)c1ccncc1. The summed E-state index contributed by atoms with van der Waals surface area (Å²) in [6.07, 6.45) is 8.09. The minimum atomic E-state index is 0.327. The van der Waals surface area contributed by atoms with Gasteiger partial charge in [-0.05, 0) is 49.8 Å². The number of nitrogens with one attached hydrogen (secondary N) is 1. The number of carbonyl (C=O) groups excluding carboxylic acids is 1. The number of hydrogen-bond acceptors (Lipinski definition) is 3. The number of likely N-dealkylation sites (tertiary alicyclic amines) is 1. The van der Waals surface area contributed by atoms with Gasteiger partial charge in [-0.15, -0.1) is 0 Å². The van der Waals surface area contributed by atoms with Crippen LogP contribution in [0.3, 0.4) is 0 Å². The number of amides is 1. The summed E-state index contributed by atoms with van der Waals surface area (Å²) >= 11 is 0. The monoisotopic (exact) mass is 301 g/mol. The van der Waals surface area contributed by atoms with Crippen molar-refractivity contribution < 1.29 is 4.79 Å². The van der Waals surface area contributed by atoms with Gasteiger partial charge in [-0.3, -0.25) is 9.78 Å². The number of rotatable bonds is 5. The van der Waals surface area contributed by atoms with Crippen molar-refractivity contribution in [2.24, 2.45) is 11.8 Å². The molecule has 1 amide bonds. The molecule has 0 spiro atoms. The van der Waals surface area contributed by atoms with Crippen LogP contribution >= 0.6 is 0 Å². The van der Waals surface area contributed by atoms with Crippen LogP contribution in [0.15, 0.2) is 24.5 Å². The third kappa shape index (κ3) is 3.49. The molecule has 3 rings (SSSR count). The fourth-order valence-corrected chi connectivity index (χ4v) is 3.52. The summed E-state index contributed by atoms with van der Waals surface area (Å²) in [6, 6.07) is 4.97. The fourth-order valence-electron chi connectivity index (χ4n) is 3.52. The number of carbonyl (C=O) groups is 1. The van der Waals surface area contributed by atoms with Crippen molar-refractivity contribution in [3.05, 3.63) is 30.1 Å². The normalized spacial score (nSPS) is 26.7. The topological polar surface area (TPSA) is 45.2 Å². The average Bonchev–Trinajstić information content (AvgIpc) is 3.40. The van der Waals surface area contributed by atoms with Crippen molar-refractivity contribution in [3.8, 4) is 0 Å². The largest absolute Gasteiger partial charge is 0.342 e. The Hall–Kier alpha value is -1.42. The van der Waals surface area contributed by atoms with Crippen LogP contribution < -0.4 is 5.32 Å². The maximum atomic E-state index is 12.3. The quantitative estimate of drug-likeness (QED) is 0.909. The van der Waals surface area contributed by atoms with Crippen LogP contribution in [0, 0.1) is 11.8 Å². The van der Waals surface area contributed by atoms with E-state index in [0.29, 0.717) is 29.8 Å². The van der Waals surface area contributed by atoms with Gasteiger partial charge < -0.3 is 10.2 Å². The van der Waals surface area contributed by atoms with E-state index in [1.165, 1.54) is 5.56 Å². The second-order valence-electron chi connectivity index (χ2n) is 6.79. The van der Waals surface area contributed by atoms with E-state index in [9.17, 15) is 4.79 Å². The van der Waals surface area contributed by atoms with Crippen LogP contribution in [-0.4, -0.2) is 34.9 Å². The first-order chi connectivity index (χ1) is 10.7. The molecule has 0 aromatic carbocycles. The fraction of sp³-hybridized carbons (Fsp3) is 0.667. The highest BCUT2D eigenvalue weighted by molar-refractivity contribution is 5.81. The first kappa shape index (κ1) is 15.5. The minimum absolute atomic E-state index is 0.327. The van der Waals surface area contributed by atoms with E-state index in [-0.39, 0.29) is 0 Å². The van der Waals surface area contributed by atoms with Gasteiger partial charge in [-0.2, -0.15) is 0 Å². The summed E-state index contributed by atoms with van der Waals surface area (Å²) < 4.78 is 0. The summed E-state index contributed by atoms with van der Waals surface area (Å²) in [5, 5.41) is 3.77. The van der Waals surface area contributed by atoms with Crippen molar-refractivity contribution >= 4 is 5.91 Å². The molecule has 3 atom stereocenters. The lowest BCUT2D eigenvalue weighted by Gasteiger charge is -2.40. The Labute approximate surface area is 133 Å². The Kier molecular flexibility index (Phi) is 4.77. The number of pyridine rings is 1. The molecular weight excluding hydrogens is 274 g/mol. The lowest BCUT2D eigenvalue weighted by Crippen LogP contribution is -2.51. The van der Waals surface area contributed by atoms with Gasteiger partial charge in [0.25, 0.3) is 0 Å². The Morgan fingerprint density at radius 3 is 2.73 bits per heavy atom. The lowest BCUT2D eigenvalue weighted by atomic mass is 9.88. The van der Waals surface area contributed by atoms with E-state index < -0.39 is 0 Å². The molecule has 1 aromatic rings. The maximum Gasteiger partial charge on any atom is 0.225 e. The summed E-state index contributed by atoms with van der Waals surface area (Å²) in [7, 11) is 0. The Balaban J connectivity index is 1.58. The van der Waals surface area contributed by atoms with E-state index >= 15 is 0 Å². The third-order valence-corrected chi connectivity index (χ3v) is 5.17. The van der Waals surface area contributed by atoms with Crippen LogP contribution in [0.4, 0.5) is 0 Å². The smallest absolute Gasteiger partial charge is 0.225 e. The van der Waals surface area contributed by atoms with Gasteiger partial charge in [0.1, 0.15) is 0 Å². The predicted octanol–water partition coefficient (Wildman–Crippen LogP) is 2.77. The third-order valence-electron chi connectivity index (χ3n) is 5.17. The minimum Gasteiger partial charge on any atom is -0.342 e. The summed E-state index contributed by atoms with van der Waals surface area (Å²) in [5.74, 6) is 1.30. The molecule has 0 bridgehead atoms. The molecule has 1 aliphatic carbocycles. The van der Waals surface area contributed by atoms with Crippen molar-refractivity contribution in [1.82, 2.24) is 15.2 Å². The van der Waals surface area contributed by atoms with Gasteiger partial charge in [-0.25, -0.2) is 0 Å². The number of nitrogens with zero attached hydrogens (tertiary/aromatic N) is 2. The number of hydrogen-bond donors (Lipinski definition) is 1. The van der Waals surface area contributed by atoms with Gasteiger partial charge in [0, 0.05) is 43.5 Å². The molecule has 2 heterocycles. The highest BCUT2D eigenvalue weighted by Gasteiger charge is 2.37. The molecule has 120 valence electrons. The number of aromatic nitrogens is 1. The Morgan fingerprint density at radius 2 is 2.09 bits per heavy atom. The summed E-state index contributed by atoms with van der Waals surface area (Å²) in [5.41, 5.74) is 1.28. The van der Waals surface area contributed by atoms with Gasteiger partial charge in [0.15, 0.2) is 0 Å². The van der Waals surface area contributed by atoms with Crippen molar-refractivity contribution in [1.29, 1.82) is 0 Å². The van der Waals surface area contributed by atoms with Crippen LogP contribution in [0.25, 0.3) is 0 Å². The van der Waals surface area contributed by atoms with Crippen LogP contribution in [0.1, 0.15) is 51.1 Å². The first-order valence-electron chi connectivity index (χ1n) is 8.63. The molecule has 2 fully saturated rings. The summed E-state index contributed by atoms with van der Waals surface area (Å²) in [4.78, 5) is 18.5. The summed E-state index contributed by atoms with van der Waals surface area (Å²) in [6.45, 7) is 6.28. The van der Waals surface area contributed by atoms with E-state index in [2.05, 4.69) is 41.2 Å². The molecule has 1 aromatic heterocycles. The van der Waals surface area contributed by atoms with Gasteiger partial charge in [0.2, 0.25) is 5.91 Å². The second-order valence-corrected chi connectivity index (χ2v) is 6.79. The molecule has 1 N–H and O–H groups in total.